The Kier molecular flexibility index (Phi) is 1.12. The summed E-state index contributed by atoms with van der Waals surface area (Å²) in [7, 11) is 0. The van der Waals surface area contributed by atoms with Gasteiger partial charge in [-0.15, -0.1) is 11.3 Å². The van der Waals surface area contributed by atoms with Crippen molar-refractivity contribution in [2.24, 2.45) is 0 Å². The zero-order valence-corrected chi connectivity index (χ0v) is 6.37. The predicted octanol–water partition coefficient (Wildman–Crippen LogP) is 2.93. The molecule has 48 valence electrons. The highest BCUT2D eigenvalue weighted by Crippen LogP contribution is 2.43. The number of aryl methyl sites for hydroxylation is 1. The highest BCUT2D eigenvalue weighted by Gasteiger charge is 2.25. The Morgan fingerprint density at radius 3 is 2.78 bits per heavy atom. The van der Waals surface area contributed by atoms with Crippen LogP contribution in [0, 0.1) is 6.92 Å². The molecular weight excluding hydrogens is 128 g/mol. The second-order valence-corrected chi connectivity index (χ2v) is 3.69. The molecule has 0 unspecified atom stereocenters. The predicted molar refractivity (Wildman–Crippen MR) is 41.0 cm³/mol. The molecule has 0 N–H and O–H groups in total. The summed E-state index contributed by atoms with van der Waals surface area (Å²) in [5.41, 5.74) is 1.50. The summed E-state index contributed by atoms with van der Waals surface area (Å²) in [6.45, 7) is 2.21. The third-order valence-corrected chi connectivity index (χ3v) is 3.03. The van der Waals surface area contributed by atoms with E-state index in [1.807, 2.05) is 11.3 Å². The molecule has 1 heteroatoms. The van der Waals surface area contributed by atoms with Crippen molar-refractivity contribution in [1.82, 2.24) is 0 Å². The van der Waals surface area contributed by atoms with Crippen LogP contribution in [0.3, 0.4) is 0 Å². The molecule has 0 saturated heterocycles. The Labute approximate surface area is 59.5 Å². The first-order valence-electron chi connectivity index (χ1n) is 3.42. The third kappa shape index (κ3) is 0.897. The van der Waals surface area contributed by atoms with E-state index in [1.54, 1.807) is 4.88 Å². The zero-order chi connectivity index (χ0) is 6.27. The molecule has 1 heterocycles. The van der Waals surface area contributed by atoms with Gasteiger partial charge < -0.3 is 0 Å². The van der Waals surface area contributed by atoms with Crippen molar-refractivity contribution in [2.45, 2.75) is 25.7 Å². The van der Waals surface area contributed by atoms with Gasteiger partial charge in [-0.3, -0.25) is 0 Å². The molecule has 0 radical (unpaired) electrons. The minimum absolute atomic E-state index is 0.949. The average Bonchev–Trinajstić information content (AvgIpc) is 2.58. The Hall–Kier alpha value is -0.300. The van der Waals surface area contributed by atoms with Gasteiger partial charge in [-0.25, -0.2) is 0 Å². The highest BCUT2D eigenvalue weighted by atomic mass is 32.1. The van der Waals surface area contributed by atoms with Crippen molar-refractivity contribution in [3.63, 3.8) is 0 Å². The van der Waals surface area contributed by atoms with Gasteiger partial charge in [0.2, 0.25) is 0 Å². The van der Waals surface area contributed by atoms with Crippen LogP contribution in [0.4, 0.5) is 0 Å². The van der Waals surface area contributed by atoms with E-state index in [-0.39, 0.29) is 0 Å². The minimum Gasteiger partial charge on any atom is -0.148 e. The van der Waals surface area contributed by atoms with E-state index in [0.29, 0.717) is 0 Å². The summed E-state index contributed by atoms with van der Waals surface area (Å²) in [4.78, 5) is 1.63. The van der Waals surface area contributed by atoms with Gasteiger partial charge in [0.1, 0.15) is 0 Å². The molecule has 1 aliphatic carbocycles. The van der Waals surface area contributed by atoms with E-state index in [2.05, 4.69) is 18.4 Å². The number of rotatable bonds is 1. The van der Waals surface area contributed by atoms with Crippen LogP contribution in [-0.2, 0) is 0 Å². The second kappa shape index (κ2) is 1.84. The monoisotopic (exact) mass is 138 g/mol. The van der Waals surface area contributed by atoms with Crippen molar-refractivity contribution in [3.05, 3.63) is 21.9 Å². The fraction of sp³-hybridized carbons (Fsp3) is 0.500. The lowest BCUT2D eigenvalue weighted by Crippen LogP contribution is -1.72. The molecule has 0 amide bonds. The van der Waals surface area contributed by atoms with Gasteiger partial charge in [0.15, 0.2) is 0 Å². The summed E-state index contributed by atoms with van der Waals surface area (Å²) in [6, 6.07) is 2.22. The maximum atomic E-state index is 2.22. The van der Waals surface area contributed by atoms with Gasteiger partial charge >= 0.3 is 0 Å². The fourth-order valence-electron chi connectivity index (χ4n) is 1.15. The van der Waals surface area contributed by atoms with Crippen molar-refractivity contribution in [3.8, 4) is 0 Å². The summed E-state index contributed by atoms with van der Waals surface area (Å²) in [5.74, 6) is 0.949. The first kappa shape index (κ1) is 5.48. The summed E-state index contributed by atoms with van der Waals surface area (Å²) in [5, 5.41) is 2.20. The first-order chi connectivity index (χ1) is 4.38. The normalized spacial score (nSPS) is 18.3. The molecular formula is C8H10S. The standard InChI is InChI=1S/C8H10S/c1-6-4-5-9-8(6)7-2-3-7/h4-5,7H,2-3H2,1H3. The maximum Gasteiger partial charge on any atom is 0.0105 e. The van der Waals surface area contributed by atoms with Crippen LogP contribution >= 0.6 is 11.3 Å². The SMILES string of the molecule is Cc1ccsc1C1CC1. The molecule has 1 aliphatic rings. The molecule has 2 rings (SSSR count). The molecule has 0 aliphatic heterocycles. The number of thiophene rings is 1. The van der Waals surface area contributed by atoms with E-state index in [9.17, 15) is 0 Å². The molecule has 0 atom stereocenters. The zero-order valence-electron chi connectivity index (χ0n) is 5.55. The van der Waals surface area contributed by atoms with Gasteiger partial charge in [0, 0.05) is 4.88 Å². The Balaban J connectivity index is 2.35. The smallest absolute Gasteiger partial charge is 0.0105 e. The summed E-state index contributed by atoms with van der Waals surface area (Å²) >= 11 is 1.92. The maximum absolute atomic E-state index is 2.22. The highest BCUT2D eigenvalue weighted by molar-refractivity contribution is 7.10. The lowest BCUT2D eigenvalue weighted by Gasteiger charge is -1.90. The lowest BCUT2D eigenvalue weighted by atomic mass is 10.2. The molecule has 0 bridgehead atoms. The molecule has 1 aromatic rings. The lowest BCUT2D eigenvalue weighted by molar-refractivity contribution is 1.15. The van der Waals surface area contributed by atoms with Crippen LogP contribution < -0.4 is 0 Å². The van der Waals surface area contributed by atoms with Gasteiger partial charge in [-0.1, -0.05) is 0 Å². The van der Waals surface area contributed by atoms with Gasteiger partial charge in [0.05, 0.1) is 0 Å². The second-order valence-electron chi connectivity index (χ2n) is 2.74. The summed E-state index contributed by atoms with van der Waals surface area (Å²) in [6.07, 6.45) is 2.86. The third-order valence-electron chi connectivity index (χ3n) is 1.85. The van der Waals surface area contributed by atoms with E-state index in [1.165, 1.54) is 18.4 Å². The molecule has 1 aromatic heterocycles. The fourth-order valence-corrected chi connectivity index (χ4v) is 2.25. The Bertz CT molecular complexity index is 208. The Morgan fingerprint density at radius 2 is 2.33 bits per heavy atom. The minimum atomic E-state index is 0.949. The Morgan fingerprint density at radius 1 is 1.56 bits per heavy atom. The van der Waals surface area contributed by atoms with Crippen LogP contribution in [0.1, 0.15) is 29.2 Å². The largest absolute Gasteiger partial charge is 0.148 e. The van der Waals surface area contributed by atoms with Gasteiger partial charge in [0.25, 0.3) is 0 Å². The number of hydrogen-bond acceptors (Lipinski definition) is 1. The van der Waals surface area contributed by atoms with Gasteiger partial charge in [-0.2, -0.15) is 0 Å². The van der Waals surface area contributed by atoms with Crippen molar-refractivity contribution < 1.29 is 0 Å². The molecule has 0 spiro atoms. The quantitative estimate of drug-likeness (QED) is 0.559. The summed E-state index contributed by atoms with van der Waals surface area (Å²) < 4.78 is 0. The van der Waals surface area contributed by atoms with Crippen LogP contribution in [0.5, 0.6) is 0 Å². The topological polar surface area (TPSA) is 0 Å². The van der Waals surface area contributed by atoms with E-state index >= 15 is 0 Å². The van der Waals surface area contributed by atoms with E-state index in [0.717, 1.165) is 5.92 Å². The van der Waals surface area contributed by atoms with E-state index < -0.39 is 0 Å². The van der Waals surface area contributed by atoms with Crippen LogP contribution in [0.25, 0.3) is 0 Å². The molecule has 9 heavy (non-hydrogen) atoms. The number of hydrogen-bond donors (Lipinski definition) is 0. The van der Waals surface area contributed by atoms with Crippen molar-refractivity contribution in [2.75, 3.05) is 0 Å². The van der Waals surface area contributed by atoms with Crippen LogP contribution in [0.15, 0.2) is 11.4 Å². The van der Waals surface area contributed by atoms with Crippen molar-refractivity contribution in [1.29, 1.82) is 0 Å². The van der Waals surface area contributed by atoms with Crippen molar-refractivity contribution >= 4 is 11.3 Å². The van der Waals surface area contributed by atoms with E-state index in [4.69, 9.17) is 0 Å². The molecule has 0 aromatic carbocycles. The average molecular weight is 138 g/mol. The van der Waals surface area contributed by atoms with Crippen LogP contribution in [0.2, 0.25) is 0 Å². The molecule has 1 saturated carbocycles. The molecule has 0 nitrogen and oxygen atoms in total. The van der Waals surface area contributed by atoms with Gasteiger partial charge in [-0.05, 0) is 42.7 Å². The molecule has 1 fully saturated rings. The van der Waals surface area contributed by atoms with Crippen LogP contribution in [-0.4, -0.2) is 0 Å². The first-order valence-corrected chi connectivity index (χ1v) is 4.30.